The Balaban J connectivity index is 1.39. The van der Waals surface area contributed by atoms with Gasteiger partial charge in [0.05, 0.1) is 11.3 Å². The summed E-state index contributed by atoms with van der Waals surface area (Å²) in [6, 6.07) is 25.4. The second kappa shape index (κ2) is 10.3. The SMILES string of the molecule is O=C(NCCCNC(=O)c1cn(-c2ccccc2)nc1-c1ccccc1)c1cccc(O)c1. The highest BCUT2D eigenvalue weighted by Crippen LogP contribution is 2.23. The molecule has 0 aliphatic heterocycles. The smallest absolute Gasteiger partial charge is 0.255 e. The quantitative estimate of drug-likeness (QED) is 0.363. The zero-order chi connectivity index (χ0) is 23.0. The first-order chi connectivity index (χ1) is 16.1. The van der Waals surface area contributed by atoms with Gasteiger partial charge >= 0.3 is 0 Å². The van der Waals surface area contributed by atoms with Gasteiger partial charge in [0.2, 0.25) is 0 Å². The number of phenols is 1. The van der Waals surface area contributed by atoms with Crippen molar-refractivity contribution in [3.8, 4) is 22.7 Å². The van der Waals surface area contributed by atoms with Crippen LogP contribution in [0.1, 0.15) is 27.1 Å². The first-order valence-electron chi connectivity index (χ1n) is 10.7. The van der Waals surface area contributed by atoms with E-state index < -0.39 is 0 Å². The van der Waals surface area contributed by atoms with Gasteiger partial charge in [-0.15, -0.1) is 0 Å². The summed E-state index contributed by atoms with van der Waals surface area (Å²) in [5, 5.41) is 19.8. The third kappa shape index (κ3) is 5.46. The van der Waals surface area contributed by atoms with Crippen LogP contribution in [-0.4, -0.2) is 39.8 Å². The highest BCUT2D eigenvalue weighted by molar-refractivity contribution is 6.00. The van der Waals surface area contributed by atoms with E-state index >= 15 is 0 Å². The predicted molar refractivity (Wildman–Crippen MR) is 126 cm³/mol. The van der Waals surface area contributed by atoms with Crippen molar-refractivity contribution in [3.63, 3.8) is 0 Å². The van der Waals surface area contributed by atoms with Crippen LogP contribution in [0.25, 0.3) is 16.9 Å². The molecular formula is C26H24N4O3. The second-order valence-corrected chi connectivity index (χ2v) is 7.45. The summed E-state index contributed by atoms with van der Waals surface area (Å²) >= 11 is 0. The number of rotatable bonds is 8. The molecule has 1 aromatic heterocycles. The highest BCUT2D eigenvalue weighted by Gasteiger charge is 2.18. The van der Waals surface area contributed by atoms with Crippen molar-refractivity contribution in [2.24, 2.45) is 0 Å². The Morgan fingerprint density at radius 1 is 0.818 bits per heavy atom. The van der Waals surface area contributed by atoms with Gasteiger partial charge in [-0.2, -0.15) is 5.10 Å². The maximum absolute atomic E-state index is 13.0. The minimum atomic E-state index is -0.271. The van der Waals surface area contributed by atoms with Gasteiger partial charge in [0.15, 0.2) is 0 Å². The molecule has 0 saturated carbocycles. The lowest BCUT2D eigenvalue weighted by Crippen LogP contribution is -2.30. The van der Waals surface area contributed by atoms with E-state index in [1.165, 1.54) is 12.1 Å². The summed E-state index contributed by atoms with van der Waals surface area (Å²) in [7, 11) is 0. The average molecular weight is 441 g/mol. The van der Waals surface area contributed by atoms with Crippen molar-refractivity contribution < 1.29 is 14.7 Å². The third-order valence-corrected chi connectivity index (χ3v) is 5.06. The Labute approximate surface area is 191 Å². The monoisotopic (exact) mass is 440 g/mol. The molecular weight excluding hydrogens is 416 g/mol. The molecule has 7 heteroatoms. The molecule has 1 heterocycles. The molecule has 3 aromatic carbocycles. The van der Waals surface area contributed by atoms with Gasteiger partial charge < -0.3 is 15.7 Å². The normalized spacial score (nSPS) is 10.5. The van der Waals surface area contributed by atoms with E-state index in [0.29, 0.717) is 36.3 Å². The summed E-state index contributed by atoms with van der Waals surface area (Å²) in [5.41, 5.74) is 3.20. The molecule has 0 radical (unpaired) electrons. The van der Waals surface area contributed by atoms with Crippen molar-refractivity contribution in [3.05, 3.63) is 102 Å². The fraction of sp³-hybridized carbons (Fsp3) is 0.115. The number of hydrogen-bond acceptors (Lipinski definition) is 4. The number of phenolic OH excluding ortho intramolecular Hbond substituents is 1. The zero-order valence-electron chi connectivity index (χ0n) is 17.9. The van der Waals surface area contributed by atoms with E-state index in [-0.39, 0.29) is 17.6 Å². The molecule has 0 aliphatic rings. The van der Waals surface area contributed by atoms with Crippen LogP contribution in [0.4, 0.5) is 0 Å². The van der Waals surface area contributed by atoms with E-state index in [4.69, 9.17) is 0 Å². The summed E-state index contributed by atoms with van der Waals surface area (Å²) in [6.45, 7) is 0.785. The van der Waals surface area contributed by atoms with E-state index in [1.807, 2.05) is 60.7 Å². The lowest BCUT2D eigenvalue weighted by atomic mass is 10.1. The fourth-order valence-corrected chi connectivity index (χ4v) is 3.40. The summed E-state index contributed by atoms with van der Waals surface area (Å²) in [4.78, 5) is 25.1. The third-order valence-electron chi connectivity index (χ3n) is 5.06. The lowest BCUT2D eigenvalue weighted by molar-refractivity contribution is 0.0951. The second-order valence-electron chi connectivity index (χ2n) is 7.45. The van der Waals surface area contributed by atoms with Crippen LogP contribution in [0.5, 0.6) is 5.75 Å². The van der Waals surface area contributed by atoms with Crippen molar-refractivity contribution in [1.29, 1.82) is 0 Å². The number of nitrogens with zero attached hydrogens (tertiary/aromatic N) is 2. The van der Waals surface area contributed by atoms with Crippen molar-refractivity contribution in [2.75, 3.05) is 13.1 Å². The molecule has 0 fully saturated rings. The summed E-state index contributed by atoms with van der Waals surface area (Å²) < 4.78 is 1.70. The largest absolute Gasteiger partial charge is 0.508 e. The molecule has 0 saturated heterocycles. The van der Waals surface area contributed by atoms with Crippen molar-refractivity contribution in [1.82, 2.24) is 20.4 Å². The summed E-state index contributed by atoms with van der Waals surface area (Å²) in [5.74, 6) is -0.455. The lowest BCUT2D eigenvalue weighted by Gasteiger charge is -2.07. The Kier molecular flexibility index (Phi) is 6.80. The molecule has 2 amide bonds. The predicted octanol–water partition coefficient (Wildman–Crippen LogP) is 3.79. The maximum Gasteiger partial charge on any atom is 0.255 e. The minimum Gasteiger partial charge on any atom is -0.508 e. The molecule has 166 valence electrons. The van der Waals surface area contributed by atoms with E-state index in [0.717, 1.165) is 11.3 Å². The van der Waals surface area contributed by atoms with E-state index in [2.05, 4.69) is 15.7 Å². The zero-order valence-corrected chi connectivity index (χ0v) is 17.9. The fourth-order valence-electron chi connectivity index (χ4n) is 3.40. The molecule has 0 unspecified atom stereocenters. The number of carbonyl (C=O) groups is 2. The van der Waals surface area contributed by atoms with Crippen molar-refractivity contribution >= 4 is 11.8 Å². The van der Waals surface area contributed by atoms with Gasteiger partial charge in [0.25, 0.3) is 11.8 Å². The first kappa shape index (κ1) is 21.8. The summed E-state index contributed by atoms with van der Waals surface area (Å²) in [6.07, 6.45) is 2.29. The number of aromatic hydroxyl groups is 1. The Morgan fingerprint density at radius 3 is 2.18 bits per heavy atom. The van der Waals surface area contributed by atoms with E-state index in [9.17, 15) is 14.7 Å². The Hall–Kier alpha value is -4.39. The number of benzene rings is 3. The molecule has 0 spiro atoms. The first-order valence-corrected chi connectivity index (χ1v) is 10.7. The van der Waals surface area contributed by atoms with Gasteiger partial charge in [0, 0.05) is 30.4 Å². The Bertz CT molecular complexity index is 1240. The van der Waals surface area contributed by atoms with Gasteiger partial charge in [0.1, 0.15) is 11.4 Å². The molecule has 33 heavy (non-hydrogen) atoms. The van der Waals surface area contributed by atoms with Gasteiger partial charge in [-0.1, -0.05) is 54.6 Å². The topological polar surface area (TPSA) is 96.3 Å². The molecule has 0 bridgehead atoms. The molecule has 0 atom stereocenters. The maximum atomic E-state index is 13.0. The van der Waals surface area contributed by atoms with Crippen LogP contribution in [0.2, 0.25) is 0 Å². The van der Waals surface area contributed by atoms with Crippen LogP contribution in [-0.2, 0) is 0 Å². The average Bonchev–Trinajstić information content (AvgIpc) is 3.30. The number of nitrogens with one attached hydrogen (secondary N) is 2. The standard InChI is InChI=1S/C26H24N4O3/c31-22-14-7-11-20(17-22)25(32)27-15-8-16-28-26(33)23-18-30(21-12-5-2-6-13-21)29-24(23)19-9-3-1-4-10-19/h1-7,9-14,17-18,31H,8,15-16H2,(H,27,32)(H,28,33). The van der Waals surface area contributed by atoms with Gasteiger partial charge in [-0.25, -0.2) is 4.68 Å². The Morgan fingerprint density at radius 2 is 1.48 bits per heavy atom. The molecule has 4 rings (SSSR count). The molecule has 4 aromatic rings. The highest BCUT2D eigenvalue weighted by atomic mass is 16.3. The minimum absolute atomic E-state index is 0.0418. The number of amides is 2. The van der Waals surface area contributed by atoms with Crippen LogP contribution in [0, 0.1) is 0 Å². The van der Waals surface area contributed by atoms with Gasteiger partial charge in [-0.05, 0) is 36.8 Å². The number of carbonyl (C=O) groups excluding carboxylic acids is 2. The van der Waals surface area contributed by atoms with Crippen LogP contribution < -0.4 is 10.6 Å². The number of aromatic nitrogens is 2. The molecule has 0 aliphatic carbocycles. The molecule has 3 N–H and O–H groups in total. The number of para-hydroxylation sites is 1. The van der Waals surface area contributed by atoms with Crippen LogP contribution in [0.3, 0.4) is 0 Å². The molecule has 7 nitrogen and oxygen atoms in total. The number of hydrogen-bond donors (Lipinski definition) is 3. The van der Waals surface area contributed by atoms with E-state index in [1.54, 1.807) is 23.0 Å². The van der Waals surface area contributed by atoms with Crippen LogP contribution in [0.15, 0.2) is 91.1 Å². The van der Waals surface area contributed by atoms with Crippen LogP contribution >= 0.6 is 0 Å². The van der Waals surface area contributed by atoms with Gasteiger partial charge in [-0.3, -0.25) is 9.59 Å². The van der Waals surface area contributed by atoms with Crippen molar-refractivity contribution in [2.45, 2.75) is 6.42 Å².